The number of hydrogen-bond donors (Lipinski definition) is 2. The van der Waals surface area contributed by atoms with Gasteiger partial charge in [-0.15, -0.1) is 24.0 Å². The monoisotopic (exact) mass is 475 g/mol. The highest BCUT2D eigenvalue weighted by atomic mass is 127. The Morgan fingerprint density at radius 3 is 2.85 bits per heavy atom. The Morgan fingerprint density at radius 2 is 2.23 bits per heavy atom. The highest BCUT2D eigenvalue weighted by Gasteiger charge is 2.23. The number of aromatic nitrogens is 1. The molecule has 146 valence electrons. The largest absolute Gasteiger partial charge is 0.478 e. The molecule has 2 rings (SSSR count). The van der Waals surface area contributed by atoms with Crippen molar-refractivity contribution in [3.8, 4) is 5.88 Å². The molecule has 2 heterocycles. The standard InChI is InChI=1S/C18H29N5O2.HI/c1-4-10-25-16-8-6-14(11-20-16)12-21-18(19-5-2)22-15-7-9-17(24)23(3)13-15;/h6,8,11,15H,4-5,7,9-10,12-13H2,1-3H3,(H2,19,21,22);1H. The highest BCUT2D eigenvalue weighted by Crippen LogP contribution is 2.10. The predicted octanol–water partition coefficient (Wildman–Crippen LogP) is 2.16. The van der Waals surface area contributed by atoms with Gasteiger partial charge in [0.2, 0.25) is 11.8 Å². The molecule has 0 radical (unpaired) electrons. The Kier molecular flexibility index (Phi) is 10.3. The molecule has 1 amide bonds. The number of aliphatic imine (C=N–C) groups is 1. The van der Waals surface area contributed by atoms with Gasteiger partial charge in [0.1, 0.15) is 0 Å². The van der Waals surface area contributed by atoms with Gasteiger partial charge in [0, 0.05) is 44.9 Å². The van der Waals surface area contributed by atoms with Crippen LogP contribution in [-0.2, 0) is 11.3 Å². The van der Waals surface area contributed by atoms with Crippen molar-refractivity contribution in [1.29, 1.82) is 0 Å². The van der Waals surface area contributed by atoms with Crippen molar-refractivity contribution >= 4 is 35.8 Å². The molecule has 0 bridgehead atoms. The maximum Gasteiger partial charge on any atom is 0.222 e. The summed E-state index contributed by atoms with van der Waals surface area (Å²) in [5.74, 6) is 1.62. The Morgan fingerprint density at radius 1 is 1.42 bits per heavy atom. The molecule has 2 N–H and O–H groups in total. The number of pyridine rings is 1. The zero-order chi connectivity index (χ0) is 18.1. The van der Waals surface area contributed by atoms with Crippen LogP contribution < -0.4 is 15.4 Å². The van der Waals surface area contributed by atoms with E-state index in [0.717, 1.165) is 30.9 Å². The van der Waals surface area contributed by atoms with Crippen molar-refractivity contribution < 1.29 is 9.53 Å². The van der Waals surface area contributed by atoms with E-state index in [1.807, 2.05) is 26.1 Å². The number of carbonyl (C=O) groups is 1. The first-order valence-electron chi connectivity index (χ1n) is 8.99. The Balaban J connectivity index is 0.00000338. The molecular formula is C18H30IN5O2. The number of hydrogen-bond acceptors (Lipinski definition) is 4. The van der Waals surface area contributed by atoms with Crippen LogP contribution in [0.1, 0.15) is 38.7 Å². The second-order valence-electron chi connectivity index (χ2n) is 6.20. The molecular weight excluding hydrogens is 445 g/mol. The quantitative estimate of drug-likeness (QED) is 0.359. The Bertz CT molecular complexity index is 579. The first kappa shape index (κ1) is 22.5. The molecule has 1 saturated heterocycles. The number of nitrogens with one attached hydrogen (secondary N) is 2. The molecule has 1 aromatic heterocycles. The third-order valence-corrected chi connectivity index (χ3v) is 3.98. The summed E-state index contributed by atoms with van der Waals surface area (Å²) in [4.78, 5) is 22.3. The summed E-state index contributed by atoms with van der Waals surface area (Å²) in [7, 11) is 1.84. The summed E-state index contributed by atoms with van der Waals surface area (Å²) < 4.78 is 5.49. The van der Waals surface area contributed by atoms with Gasteiger partial charge in [-0.2, -0.15) is 0 Å². The third kappa shape index (κ3) is 7.35. The SMILES string of the molecule is CCCOc1ccc(CN=C(NCC)NC2CCC(=O)N(C)C2)cn1.I. The van der Waals surface area contributed by atoms with Crippen LogP contribution in [0.4, 0.5) is 0 Å². The minimum Gasteiger partial charge on any atom is -0.478 e. The van der Waals surface area contributed by atoms with Crippen LogP contribution in [0.25, 0.3) is 0 Å². The van der Waals surface area contributed by atoms with E-state index in [1.54, 1.807) is 11.1 Å². The minimum atomic E-state index is 0. The molecule has 1 atom stereocenters. The molecule has 0 aliphatic carbocycles. The van der Waals surface area contributed by atoms with Crippen molar-refractivity contribution in [3.63, 3.8) is 0 Å². The number of likely N-dealkylation sites (tertiary alicyclic amines) is 1. The van der Waals surface area contributed by atoms with Gasteiger partial charge in [0.25, 0.3) is 0 Å². The summed E-state index contributed by atoms with van der Waals surface area (Å²) in [6, 6.07) is 4.09. The molecule has 1 aliphatic rings. The number of likely N-dealkylation sites (N-methyl/N-ethyl adjacent to an activating group) is 1. The average Bonchev–Trinajstić information content (AvgIpc) is 2.62. The first-order chi connectivity index (χ1) is 12.1. The Hall–Kier alpha value is -1.58. The maximum atomic E-state index is 11.6. The van der Waals surface area contributed by atoms with E-state index in [1.165, 1.54) is 0 Å². The van der Waals surface area contributed by atoms with Crippen molar-refractivity contribution in [2.75, 3.05) is 26.7 Å². The summed E-state index contributed by atoms with van der Waals surface area (Å²) in [5, 5.41) is 6.67. The number of ether oxygens (including phenoxy) is 1. The fourth-order valence-corrected chi connectivity index (χ4v) is 2.61. The normalized spacial score (nSPS) is 17.5. The molecule has 8 heteroatoms. The van der Waals surface area contributed by atoms with Crippen LogP contribution >= 0.6 is 24.0 Å². The van der Waals surface area contributed by atoms with Crippen LogP contribution in [-0.4, -0.2) is 54.5 Å². The van der Waals surface area contributed by atoms with Crippen molar-refractivity contribution in [3.05, 3.63) is 23.9 Å². The fourth-order valence-electron chi connectivity index (χ4n) is 2.61. The summed E-state index contributed by atoms with van der Waals surface area (Å²) >= 11 is 0. The van der Waals surface area contributed by atoms with E-state index in [2.05, 4.69) is 27.5 Å². The molecule has 0 spiro atoms. The van der Waals surface area contributed by atoms with E-state index in [4.69, 9.17) is 4.74 Å². The van der Waals surface area contributed by atoms with Gasteiger partial charge in [0.05, 0.1) is 13.2 Å². The van der Waals surface area contributed by atoms with E-state index < -0.39 is 0 Å². The van der Waals surface area contributed by atoms with Gasteiger partial charge in [-0.05, 0) is 25.3 Å². The molecule has 1 aliphatic heterocycles. The second kappa shape index (κ2) is 11.9. The second-order valence-corrected chi connectivity index (χ2v) is 6.20. The van der Waals surface area contributed by atoms with Crippen molar-refractivity contribution in [1.82, 2.24) is 20.5 Å². The summed E-state index contributed by atoms with van der Waals surface area (Å²) in [6.07, 6.45) is 4.17. The van der Waals surface area contributed by atoms with Crippen LogP contribution in [0.5, 0.6) is 5.88 Å². The lowest BCUT2D eigenvalue weighted by Crippen LogP contribution is -2.51. The van der Waals surface area contributed by atoms with Crippen molar-refractivity contribution in [2.24, 2.45) is 4.99 Å². The van der Waals surface area contributed by atoms with Crippen LogP contribution in [0.3, 0.4) is 0 Å². The summed E-state index contributed by atoms with van der Waals surface area (Å²) in [6.45, 7) is 6.81. The molecule has 7 nitrogen and oxygen atoms in total. The molecule has 1 fully saturated rings. The third-order valence-electron chi connectivity index (χ3n) is 3.98. The highest BCUT2D eigenvalue weighted by molar-refractivity contribution is 14.0. The number of piperidine rings is 1. The number of guanidine groups is 1. The number of halogens is 1. The number of nitrogens with zero attached hydrogens (tertiary/aromatic N) is 3. The van der Waals surface area contributed by atoms with Crippen molar-refractivity contribution in [2.45, 2.75) is 45.7 Å². The zero-order valence-electron chi connectivity index (χ0n) is 15.8. The molecule has 0 aromatic carbocycles. The number of rotatable bonds is 7. The van der Waals surface area contributed by atoms with Gasteiger partial charge in [0.15, 0.2) is 5.96 Å². The zero-order valence-corrected chi connectivity index (χ0v) is 18.2. The minimum absolute atomic E-state index is 0. The molecule has 0 saturated carbocycles. The Labute approximate surface area is 173 Å². The van der Waals surface area contributed by atoms with Crippen LogP contribution in [0.2, 0.25) is 0 Å². The van der Waals surface area contributed by atoms with Gasteiger partial charge in [-0.25, -0.2) is 9.98 Å². The molecule has 26 heavy (non-hydrogen) atoms. The van der Waals surface area contributed by atoms with Gasteiger partial charge in [-0.1, -0.05) is 13.0 Å². The summed E-state index contributed by atoms with van der Waals surface area (Å²) in [5.41, 5.74) is 1.02. The molecule has 1 unspecified atom stereocenters. The van der Waals surface area contributed by atoms with E-state index in [9.17, 15) is 4.79 Å². The lowest BCUT2D eigenvalue weighted by atomic mass is 10.1. The first-order valence-corrected chi connectivity index (χ1v) is 8.99. The van der Waals surface area contributed by atoms with Crippen LogP contribution in [0, 0.1) is 0 Å². The van der Waals surface area contributed by atoms with Gasteiger partial charge in [-0.3, -0.25) is 4.79 Å². The van der Waals surface area contributed by atoms with E-state index in [0.29, 0.717) is 32.0 Å². The number of carbonyl (C=O) groups excluding carboxylic acids is 1. The smallest absolute Gasteiger partial charge is 0.222 e. The van der Waals surface area contributed by atoms with E-state index >= 15 is 0 Å². The van der Waals surface area contributed by atoms with E-state index in [-0.39, 0.29) is 35.9 Å². The lowest BCUT2D eigenvalue weighted by Gasteiger charge is -2.31. The average molecular weight is 475 g/mol. The topological polar surface area (TPSA) is 78.8 Å². The van der Waals surface area contributed by atoms with Gasteiger partial charge < -0.3 is 20.3 Å². The fraction of sp³-hybridized carbons (Fsp3) is 0.611. The van der Waals surface area contributed by atoms with Gasteiger partial charge >= 0.3 is 0 Å². The molecule has 1 aromatic rings. The lowest BCUT2D eigenvalue weighted by molar-refractivity contribution is -0.132. The van der Waals surface area contributed by atoms with Crippen LogP contribution in [0.15, 0.2) is 23.3 Å². The maximum absolute atomic E-state index is 11.6. The predicted molar refractivity (Wildman–Crippen MR) is 114 cm³/mol. The number of amides is 1.